The van der Waals surface area contributed by atoms with Crippen LogP contribution in [0.5, 0.6) is 11.5 Å². The third kappa shape index (κ3) is 3.69. The zero-order valence-electron chi connectivity index (χ0n) is 16.2. The number of benzene rings is 1. The minimum absolute atomic E-state index is 0.0234. The maximum atomic E-state index is 13.1. The first-order valence-electron chi connectivity index (χ1n) is 8.76. The van der Waals surface area contributed by atoms with Crippen LogP contribution >= 0.6 is 0 Å². The van der Waals surface area contributed by atoms with Crippen LogP contribution in [0, 0.1) is 13.8 Å². The van der Waals surface area contributed by atoms with Gasteiger partial charge < -0.3 is 19.3 Å². The van der Waals surface area contributed by atoms with E-state index in [0.29, 0.717) is 30.0 Å². The fraction of sp³-hybridized carbons (Fsp3) is 0.444. The lowest BCUT2D eigenvalue weighted by atomic mass is 10.2. The summed E-state index contributed by atoms with van der Waals surface area (Å²) in [5.74, 6) is 0.826. The molecule has 2 heterocycles. The van der Waals surface area contributed by atoms with E-state index in [1.807, 2.05) is 0 Å². The second kappa shape index (κ2) is 7.80. The molecule has 0 spiro atoms. The third-order valence-corrected chi connectivity index (χ3v) is 6.81. The molecule has 1 atom stereocenters. The minimum atomic E-state index is -3.90. The number of aryl methyl sites for hydroxylation is 2. The molecule has 0 bridgehead atoms. The van der Waals surface area contributed by atoms with Gasteiger partial charge in [0.25, 0.3) is 0 Å². The van der Waals surface area contributed by atoms with E-state index in [2.05, 4.69) is 10.5 Å². The number of hydrogen-bond donors (Lipinski definition) is 1. The van der Waals surface area contributed by atoms with Crippen molar-refractivity contribution < 1.29 is 27.2 Å². The molecule has 0 radical (unpaired) electrons. The fourth-order valence-corrected chi connectivity index (χ4v) is 5.31. The number of nitrogens with zero attached hydrogens (tertiary/aromatic N) is 2. The molecule has 0 aliphatic carbocycles. The largest absolute Gasteiger partial charge is 0.497 e. The number of sulfonamides is 1. The summed E-state index contributed by atoms with van der Waals surface area (Å²) >= 11 is 0. The summed E-state index contributed by atoms with van der Waals surface area (Å²) in [6.07, 6.45) is 1.01. The summed E-state index contributed by atoms with van der Waals surface area (Å²) in [6.45, 7) is 3.36. The summed E-state index contributed by atoms with van der Waals surface area (Å²) in [6, 6.07) is 4.14. The molecular weight excluding hydrogens is 386 g/mol. The Morgan fingerprint density at radius 3 is 2.39 bits per heavy atom. The van der Waals surface area contributed by atoms with Crippen molar-refractivity contribution in [3.05, 3.63) is 29.7 Å². The van der Waals surface area contributed by atoms with Gasteiger partial charge in [-0.2, -0.15) is 4.31 Å². The third-order valence-electron chi connectivity index (χ3n) is 4.66. The molecule has 10 heteroatoms. The van der Waals surface area contributed by atoms with Crippen LogP contribution < -0.4 is 14.8 Å². The van der Waals surface area contributed by atoms with Crippen molar-refractivity contribution in [2.24, 2.45) is 0 Å². The molecule has 3 rings (SSSR count). The van der Waals surface area contributed by atoms with Crippen LogP contribution in [-0.4, -0.2) is 50.6 Å². The second-order valence-corrected chi connectivity index (χ2v) is 8.35. The van der Waals surface area contributed by atoms with Gasteiger partial charge in [-0.1, -0.05) is 5.16 Å². The predicted octanol–water partition coefficient (Wildman–Crippen LogP) is 2.10. The number of nitrogens with one attached hydrogen (secondary N) is 1. The van der Waals surface area contributed by atoms with Crippen LogP contribution in [0.1, 0.15) is 24.3 Å². The number of amides is 1. The normalized spacial score (nSPS) is 17.5. The summed E-state index contributed by atoms with van der Waals surface area (Å²) in [7, 11) is -0.884. The van der Waals surface area contributed by atoms with Crippen LogP contribution in [0.15, 0.2) is 27.6 Å². The van der Waals surface area contributed by atoms with Gasteiger partial charge in [0, 0.05) is 30.4 Å². The number of aromatic nitrogens is 1. The van der Waals surface area contributed by atoms with Crippen LogP contribution in [0.3, 0.4) is 0 Å². The number of rotatable bonds is 6. The maximum absolute atomic E-state index is 13.1. The van der Waals surface area contributed by atoms with E-state index in [1.165, 1.54) is 18.5 Å². The highest BCUT2D eigenvalue weighted by Gasteiger charge is 2.41. The van der Waals surface area contributed by atoms with Gasteiger partial charge in [0.05, 0.1) is 14.2 Å². The van der Waals surface area contributed by atoms with E-state index in [0.717, 1.165) is 0 Å². The van der Waals surface area contributed by atoms with Crippen LogP contribution in [-0.2, 0) is 14.8 Å². The molecule has 1 aliphatic rings. The lowest BCUT2D eigenvalue weighted by Gasteiger charge is -2.23. The van der Waals surface area contributed by atoms with E-state index >= 15 is 0 Å². The molecule has 2 aromatic rings. The van der Waals surface area contributed by atoms with Crippen LogP contribution in [0.4, 0.5) is 5.69 Å². The van der Waals surface area contributed by atoms with Gasteiger partial charge in [-0.25, -0.2) is 8.42 Å². The van der Waals surface area contributed by atoms with Crippen molar-refractivity contribution >= 4 is 21.6 Å². The predicted molar refractivity (Wildman–Crippen MR) is 101 cm³/mol. The first-order chi connectivity index (χ1) is 13.3. The van der Waals surface area contributed by atoms with Crippen molar-refractivity contribution in [1.29, 1.82) is 0 Å². The molecule has 9 nitrogen and oxygen atoms in total. The van der Waals surface area contributed by atoms with Gasteiger partial charge in [0.1, 0.15) is 28.1 Å². The Balaban J connectivity index is 1.86. The number of carbonyl (C=O) groups excluding carboxylic acids is 1. The minimum Gasteiger partial charge on any atom is -0.497 e. The number of methoxy groups -OCH3 is 2. The van der Waals surface area contributed by atoms with E-state index < -0.39 is 22.0 Å². The lowest BCUT2D eigenvalue weighted by molar-refractivity contribution is -0.119. The quantitative estimate of drug-likeness (QED) is 0.778. The highest BCUT2D eigenvalue weighted by Crippen LogP contribution is 2.31. The van der Waals surface area contributed by atoms with E-state index in [4.69, 9.17) is 14.0 Å². The van der Waals surface area contributed by atoms with Gasteiger partial charge in [0.15, 0.2) is 5.76 Å². The van der Waals surface area contributed by atoms with Gasteiger partial charge >= 0.3 is 0 Å². The average molecular weight is 409 g/mol. The number of hydrogen-bond acceptors (Lipinski definition) is 7. The standard InChI is InChI=1S/C18H23N3O6S/c1-11-17(12(2)27-20-11)28(23,24)21-7-5-6-16(21)18(22)19-13-8-14(25-3)10-15(9-13)26-4/h8-10,16H,5-7H2,1-4H3,(H,19,22)/t16-/m1/s1. The van der Waals surface area contributed by atoms with Gasteiger partial charge in [-0.3, -0.25) is 4.79 Å². The number of carbonyl (C=O) groups is 1. The van der Waals surface area contributed by atoms with Crippen molar-refractivity contribution in [3.63, 3.8) is 0 Å². The fourth-order valence-electron chi connectivity index (χ4n) is 3.36. The Kier molecular flexibility index (Phi) is 5.61. The molecular formula is C18H23N3O6S. The first kappa shape index (κ1) is 20.2. The summed E-state index contributed by atoms with van der Waals surface area (Å²) in [5.41, 5.74) is 0.740. The monoisotopic (exact) mass is 409 g/mol. The van der Waals surface area contributed by atoms with Crippen LogP contribution in [0.25, 0.3) is 0 Å². The van der Waals surface area contributed by atoms with E-state index in [1.54, 1.807) is 32.0 Å². The maximum Gasteiger partial charge on any atom is 0.249 e. The summed E-state index contributed by atoms with van der Waals surface area (Å²) < 4.78 is 42.8. The average Bonchev–Trinajstić information content (AvgIpc) is 3.28. The van der Waals surface area contributed by atoms with E-state index in [9.17, 15) is 13.2 Å². The zero-order chi connectivity index (χ0) is 20.5. The van der Waals surface area contributed by atoms with Crippen molar-refractivity contribution in [2.45, 2.75) is 37.6 Å². The second-order valence-electron chi connectivity index (χ2n) is 6.52. The molecule has 1 aromatic carbocycles. The molecule has 1 N–H and O–H groups in total. The molecule has 0 saturated carbocycles. The smallest absolute Gasteiger partial charge is 0.249 e. The highest BCUT2D eigenvalue weighted by atomic mass is 32.2. The highest BCUT2D eigenvalue weighted by molar-refractivity contribution is 7.89. The van der Waals surface area contributed by atoms with Gasteiger partial charge in [-0.15, -0.1) is 0 Å². The topological polar surface area (TPSA) is 111 Å². The molecule has 1 amide bonds. The summed E-state index contributed by atoms with van der Waals surface area (Å²) in [5, 5.41) is 6.49. The number of anilines is 1. The molecule has 152 valence electrons. The Hall–Kier alpha value is -2.59. The lowest BCUT2D eigenvalue weighted by Crippen LogP contribution is -2.43. The van der Waals surface area contributed by atoms with Gasteiger partial charge in [0.2, 0.25) is 15.9 Å². The molecule has 28 heavy (non-hydrogen) atoms. The Labute approximate surface area is 163 Å². The zero-order valence-corrected chi connectivity index (χ0v) is 17.0. The molecule has 1 fully saturated rings. The van der Waals surface area contributed by atoms with Crippen molar-refractivity contribution in [3.8, 4) is 11.5 Å². The Morgan fingerprint density at radius 1 is 1.21 bits per heavy atom. The Bertz CT molecular complexity index is 943. The van der Waals surface area contributed by atoms with Crippen LogP contribution in [0.2, 0.25) is 0 Å². The van der Waals surface area contributed by atoms with Gasteiger partial charge in [-0.05, 0) is 26.7 Å². The summed E-state index contributed by atoms with van der Waals surface area (Å²) in [4.78, 5) is 12.9. The molecule has 1 aliphatic heterocycles. The number of ether oxygens (including phenoxy) is 2. The van der Waals surface area contributed by atoms with Crippen molar-refractivity contribution in [1.82, 2.24) is 9.46 Å². The van der Waals surface area contributed by atoms with Crippen molar-refractivity contribution in [2.75, 3.05) is 26.1 Å². The Morgan fingerprint density at radius 2 is 1.86 bits per heavy atom. The van der Waals surface area contributed by atoms with E-state index in [-0.39, 0.29) is 22.9 Å². The molecule has 1 aromatic heterocycles. The first-order valence-corrected chi connectivity index (χ1v) is 10.2. The SMILES string of the molecule is COc1cc(NC(=O)[C@H]2CCCN2S(=O)(=O)c2c(C)noc2C)cc(OC)c1. The molecule has 0 unspecified atom stereocenters. The molecule has 1 saturated heterocycles.